The molecule has 0 fully saturated rings. The summed E-state index contributed by atoms with van der Waals surface area (Å²) in [6.45, 7) is 9.54. The summed E-state index contributed by atoms with van der Waals surface area (Å²) < 4.78 is 68.3. The monoisotopic (exact) mass is 1370 g/mol. The van der Waals surface area contributed by atoms with Crippen molar-refractivity contribution in [3.63, 3.8) is 0 Å². The van der Waals surface area contributed by atoms with Crippen LogP contribution in [0.15, 0.2) is 0 Å². The lowest BCUT2D eigenvalue weighted by molar-refractivity contribution is -0.161. The Bertz CT molecular complexity index is 1800. The minimum Gasteiger partial charge on any atom is -0.462 e. The fourth-order valence-electron chi connectivity index (χ4n) is 11.3. The highest BCUT2D eigenvalue weighted by molar-refractivity contribution is 7.47. The van der Waals surface area contributed by atoms with Crippen molar-refractivity contribution in [1.29, 1.82) is 0 Å². The normalized spacial score (nSPS) is 14.1. The predicted octanol–water partition coefficient (Wildman–Crippen LogP) is 21.6. The number of esters is 4. The van der Waals surface area contributed by atoms with Gasteiger partial charge in [0, 0.05) is 25.7 Å². The summed E-state index contributed by atoms with van der Waals surface area (Å²) in [5.74, 6) is -0.583. The van der Waals surface area contributed by atoms with Crippen LogP contribution in [0.25, 0.3) is 0 Å². The van der Waals surface area contributed by atoms with Crippen molar-refractivity contribution in [2.24, 2.45) is 11.8 Å². The standard InChI is InChI=1S/C74H144O17P2/c1-7-9-11-13-15-16-17-18-19-22-25-28-33-39-45-51-57-72(77)85-63-70(91-73(78)58-52-46-40-34-29-26-23-20-21-24-27-31-37-42-48-54-66(3)4)65-89-93(82,83)87-61-68(75)60-86-92(80,81)88-64-69(62-84-71(76)56-50-44-36-14-12-10-8-2)90-74(79)59-53-47-41-35-30-32-38-43-49-55-67(5)6/h66-70,75H,7-65H2,1-6H3,(H,80,81)(H,82,83)/t68-,69+,70+/m0/s1. The molecule has 93 heavy (non-hydrogen) atoms. The van der Waals surface area contributed by atoms with E-state index in [1.165, 1.54) is 186 Å². The lowest BCUT2D eigenvalue weighted by atomic mass is 10.0. The first-order valence-corrected chi connectivity index (χ1v) is 41.5. The van der Waals surface area contributed by atoms with Crippen molar-refractivity contribution < 1.29 is 80.2 Å². The van der Waals surface area contributed by atoms with Crippen LogP contribution in [0.2, 0.25) is 0 Å². The van der Waals surface area contributed by atoms with Gasteiger partial charge >= 0.3 is 39.5 Å². The Labute approximate surface area is 568 Å². The van der Waals surface area contributed by atoms with Gasteiger partial charge in [-0.15, -0.1) is 0 Å². The third kappa shape index (κ3) is 68.4. The van der Waals surface area contributed by atoms with Gasteiger partial charge < -0.3 is 33.8 Å². The average Bonchev–Trinajstić information content (AvgIpc) is 1.69. The van der Waals surface area contributed by atoms with Gasteiger partial charge in [-0.3, -0.25) is 37.3 Å². The lowest BCUT2D eigenvalue weighted by Gasteiger charge is -2.21. The van der Waals surface area contributed by atoms with Gasteiger partial charge in [0.05, 0.1) is 26.4 Å². The number of rotatable bonds is 73. The molecule has 19 heteroatoms. The molecule has 0 aliphatic rings. The molecule has 0 aromatic carbocycles. The molecule has 0 rings (SSSR count). The Morgan fingerprint density at radius 3 is 0.731 bits per heavy atom. The van der Waals surface area contributed by atoms with Crippen LogP contribution in [0.5, 0.6) is 0 Å². The molecule has 17 nitrogen and oxygen atoms in total. The van der Waals surface area contributed by atoms with Gasteiger partial charge in [0.25, 0.3) is 0 Å². The molecule has 0 aliphatic carbocycles. The summed E-state index contributed by atoms with van der Waals surface area (Å²) in [7, 11) is -9.90. The molecule has 0 aromatic heterocycles. The topological polar surface area (TPSA) is 237 Å². The van der Waals surface area contributed by atoms with Crippen molar-refractivity contribution in [1.82, 2.24) is 0 Å². The van der Waals surface area contributed by atoms with Crippen LogP contribution >= 0.6 is 15.6 Å². The van der Waals surface area contributed by atoms with Gasteiger partial charge in [0.2, 0.25) is 0 Å². The second-order valence-corrected chi connectivity index (χ2v) is 30.5. The van der Waals surface area contributed by atoms with Crippen LogP contribution in [-0.4, -0.2) is 96.7 Å². The maximum absolute atomic E-state index is 13.1. The Balaban J connectivity index is 5.19. The molecule has 0 aromatic rings. The van der Waals surface area contributed by atoms with Crippen molar-refractivity contribution in [3.05, 3.63) is 0 Å². The molecular formula is C74H144O17P2. The highest BCUT2D eigenvalue weighted by atomic mass is 31.2. The molecular weight excluding hydrogens is 1220 g/mol. The number of carbonyl (C=O) groups excluding carboxylic acids is 4. The predicted molar refractivity (Wildman–Crippen MR) is 377 cm³/mol. The van der Waals surface area contributed by atoms with Crippen LogP contribution in [-0.2, 0) is 65.4 Å². The van der Waals surface area contributed by atoms with Crippen molar-refractivity contribution in [2.45, 2.75) is 400 Å². The summed E-state index contributed by atoms with van der Waals surface area (Å²) in [5, 5.41) is 10.6. The number of hydrogen-bond donors (Lipinski definition) is 3. The van der Waals surface area contributed by atoms with E-state index >= 15 is 0 Å². The molecule has 2 unspecified atom stereocenters. The van der Waals surface area contributed by atoms with E-state index in [2.05, 4.69) is 41.5 Å². The minimum atomic E-state index is -4.95. The van der Waals surface area contributed by atoms with Crippen molar-refractivity contribution in [2.75, 3.05) is 39.6 Å². The van der Waals surface area contributed by atoms with Gasteiger partial charge in [0.15, 0.2) is 12.2 Å². The number of phosphoric ester groups is 2. The van der Waals surface area contributed by atoms with Crippen LogP contribution in [0, 0.1) is 11.8 Å². The number of unbranched alkanes of at least 4 members (excludes halogenated alkanes) is 43. The molecule has 0 heterocycles. The average molecular weight is 1370 g/mol. The Morgan fingerprint density at radius 1 is 0.290 bits per heavy atom. The summed E-state index contributed by atoms with van der Waals surface area (Å²) in [4.78, 5) is 72.6. The highest BCUT2D eigenvalue weighted by Crippen LogP contribution is 2.45. The van der Waals surface area contributed by atoms with E-state index < -0.39 is 97.5 Å². The summed E-state index contributed by atoms with van der Waals surface area (Å²) in [5.41, 5.74) is 0. The fraction of sp³-hybridized carbons (Fsp3) is 0.946. The Kier molecular flexibility index (Phi) is 64.6. The number of phosphoric acid groups is 2. The smallest absolute Gasteiger partial charge is 0.462 e. The molecule has 0 radical (unpaired) electrons. The second-order valence-electron chi connectivity index (χ2n) is 27.6. The van der Waals surface area contributed by atoms with Crippen molar-refractivity contribution >= 4 is 39.5 Å². The quantitative estimate of drug-likeness (QED) is 0.0222. The molecule has 0 bridgehead atoms. The van der Waals surface area contributed by atoms with E-state index in [9.17, 15) is 43.2 Å². The van der Waals surface area contributed by atoms with Gasteiger partial charge in [-0.1, -0.05) is 330 Å². The van der Waals surface area contributed by atoms with E-state index in [4.69, 9.17) is 37.0 Å². The zero-order chi connectivity index (χ0) is 68.6. The first kappa shape index (κ1) is 91.1. The van der Waals surface area contributed by atoms with Crippen LogP contribution < -0.4 is 0 Å². The molecule has 552 valence electrons. The summed E-state index contributed by atoms with van der Waals surface area (Å²) in [6, 6.07) is 0. The minimum absolute atomic E-state index is 0.105. The molecule has 5 atom stereocenters. The largest absolute Gasteiger partial charge is 0.472 e. The zero-order valence-corrected chi connectivity index (χ0v) is 62.3. The van der Waals surface area contributed by atoms with Gasteiger partial charge in [-0.25, -0.2) is 9.13 Å². The number of carbonyl (C=O) groups is 4. The number of aliphatic hydroxyl groups is 1. The molecule has 0 spiro atoms. The Morgan fingerprint density at radius 2 is 0.495 bits per heavy atom. The van der Waals surface area contributed by atoms with Gasteiger partial charge in [-0.2, -0.15) is 0 Å². The molecule has 0 saturated carbocycles. The molecule has 0 amide bonds. The first-order valence-electron chi connectivity index (χ1n) is 38.5. The SMILES string of the molecule is CCCCCCCCCCCCCCCCCCC(=O)OC[C@H](COP(=O)(O)OC[C@@H](O)COP(=O)(O)OC[C@@H](COC(=O)CCCCCCCCC)OC(=O)CCCCCCCCCCCC(C)C)OC(=O)CCCCCCCCCCCCCCCCCC(C)C. The van der Waals surface area contributed by atoms with Crippen LogP contribution in [0.1, 0.15) is 382 Å². The summed E-state index contributed by atoms with van der Waals surface area (Å²) >= 11 is 0. The highest BCUT2D eigenvalue weighted by Gasteiger charge is 2.30. The van der Waals surface area contributed by atoms with E-state index in [0.717, 1.165) is 115 Å². The zero-order valence-electron chi connectivity index (χ0n) is 60.6. The fourth-order valence-corrected chi connectivity index (χ4v) is 12.9. The summed E-state index contributed by atoms with van der Waals surface area (Å²) in [6.07, 6.45) is 52.9. The maximum atomic E-state index is 13.1. The molecule has 3 N–H and O–H groups in total. The number of ether oxygens (including phenoxy) is 4. The van der Waals surface area contributed by atoms with Gasteiger partial charge in [0.1, 0.15) is 19.3 Å². The van der Waals surface area contributed by atoms with Crippen molar-refractivity contribution in [3.8, 4) is 0 Å². The van der Waals surface area contributed by atoms with E-state index in [0.29, 0.717) is 25.7 Å². The first-order chi connectivity index (χ1) is 44.9. The lowest BCUT2D eigenvalue weighted by Crippen LogP contribution is -2.30. The Hall–Kier alpha value is -1.94. The van der Waals surface area contributed by atoms with E-state index in [1.807, 2.05) is 0 Å². The third-order valence-electron chi connectivity index (χ3n) is 17.2. The molecule has 0 aliphatic heterocycles. The van der Waals surface area contributed by atoms with E-state index in [-0.39, 0.29) is 25.7 Å². The third-order valence-corrected chi connectivity index (χ3v) is 19.1. The maximum Gasteiger partial charge on any atom is 0.472 e. The number of aliphatic hydroxyl groups excluding tert-OH is 1. The van der Waals surface area contributed by atoms with Crippen LogP contribution in [0.4, 0.5) is 0 Å². The number of hydrogen-bond acceptors (Lipinski definition) is 15. The second kappa shape index (κ2) is 66.0. The van der Waals surface area contributed by atoms with Crippen LogP contribution in [0.3, 0.4) is 0 Å². The van der Waals surface area contributed by atoms with E-state index in [1.54, 1.807) is 0 Å². The van der Waals surface area contributed by atoms with Gasteiger partial charge in [-0.05, 0) is 37.5 Å². The molecule has 0 saturated heterocycles.